The summed E-state index contributed by atoms with van der Waals surface area (Å²) >= 11 is 0. The number of rotatable bonds is 7. The van der Waals surface area contributed by atoms with E-state index in [0.29, 0.717) is 13.0 Å². The number of nitrogens with one attached hydrogen (secondary N) is 2. The number of anilines is 1. The summed E-state index contributed by atoms with van der Waals surface area (Å²) in [5, 5.41) is 3.33. The van der Waals surface area contributed by atoms with E-state index in [1.54, 1.807) is 4.90 Å². The quantitative estimate of drug-likeness (QED) is 0.649. The highest BCUT2D eigenvalue weighted by Gasteiger charge is 2.15. The van der Waals surface area contributed by atoms with Crippen molar-refractivity contribution in [1.29, 1.82) is 0 Å². The SMILES string of the molecule is CC(=O)N(CCC(=O)Nc1c(F)cccc1F)CCc1c[nH]c2ccccc12. The van der Waals surface area contributed by atoms with E-state index >= 15 is 0 Å². The van der Waals surface area contributed by atoms with Crippen LogP contribution in [0.5, 0.6) is 0 Å². The first kappa shape index (κ1) is 19.5. The Balaban J connectivity index is 1.57. The fraction of sp³-hybridized carbons (Fsp3) is 0.238. The lowest BCUT2D eigenvalue weighted by molar-refractivity contribution is -0.129. The Hall–Kier alpha value is -3.22. The van der Waals surface area contributed by atoms with E-state index in [0.717, 1.165) is 28.6 Å². The van der Waals surface area contributed by atoms with Crippen molar-refractivity contribution in [3.05, 3.63) is 65.9 Å². The van der Waals surface area contributed by atoms with Gasteiger partial charge < -0.3 is 15.2 Å². The summed E-state index contributed by atoms with van der Waals surface area (Å²) < 4.78 is 27.2. The van der Waals surface area contributed by atoms with Crippen molar-refractivity contribution >= 4 is 28.4 Å². The minimum Gasteiger partial charge on any atom is -0.361 e. The van der Waals surface area contributed by atoms with Crippen molar-refractivity contribution in [2.75, 3.05) is 18.4 Å². The average molecular weight is 385 g/mol. The molecule has 5 nitrogen and oxygen atoms in total. The molecule has 0 bridgehead atoms. The molecule has 0 spiro atoms. The third-order valence-corrected chi connectivity index (χ3v) is 4.61. The molecule has 2 aromatic carbocycles. The maximum atomic E-state index is 13.6. The van der Waals surface area contributed by atoms with Gasteiger partial charge in [0.2, 0.25) is 11.8 Å². The largest absolute Gasteiger partial charge is 0.361 e. The number of aromatic nitrogens is 1. The molecule has 0 fully saturated rings. The predicted molar refractivity (Wildman–Crippen MR) is 104 cm³/mol. The Bertz CT molecular complexity index is 980. The van der Waals surface area contributed by atoms with Gasteiger partial charge in [0.05, 0.1) is 0 Å². The van der Waals surface area contributed by atoms with Crippen LogP contribution in [0, 0.1) is 11.6 Å². The van der Waals surface area contributed by atoms with Gasteiger partial charge in [0.25, 0.3) is 0 Å². The van der Waals surface area contributed by atoms with Gasteiger partial charge in [-0.15, -0.1) is 0 Å². The van der Waals surface area contributed by atoms with Crippen LogP contribution in [0.3, 0.4) is 0 Å². The highest BCUT2D eigenvalue weighted by atomic mass is 19.1. The van der Waals surface area contributed by atoms with Gasteiger partial charge in [-0.1, -0.05) is 24.3 Å². The molecule has 146 valence electrons. The van der Waals surface area contributed by atoms with Gasteiger partial charge in [-0.2, -0.15) is 0 Å². The molecule has 3 rings (SSSR count). The van der Waals surface area contributed by atoms with Crippen molar-refractivity contribution in [2.24, 2.45) is 0 Å². The van der Waals surface area contributed by atoms with E-state index in [-0.39, 0.29) is 18.9 Å². The lowest BCUT2D eigenvalue weighted by Gasteiger charge is -2.20. The Kier molecular flexibility index (Phi) is 6.03. The molecule has 0 atom stereocenters. The van der Waals surface area contributed by atoms with E-state index < -0.39 is 23.2 Å². The number of hydrogen-bond donors (Lipinski definition) is 2. The zero-order chi connectivity index (χ0) is 20.1. The molecule has 0 aliphatic rings. The average Bonchev–Trinajstić information content (AvgIpc) is 3.08. The molecule has 0 saturated heterocycles. The standard InChI is InChI=1S/C21H21F2N3O2/c1-14(27)26(11-9-15-13-24-19-8-3-2-5-16(15)19)12-10-20(28)25-21-17(22)6-4-7-18(21)23/h2-8,13,24H,9-12H2,1H3,(H,25,28). The number of amides is 2. The van der Waals surface area contributed by atoms with E-state index in [4.69, 9.17) is 0 Å². The number of benzene rings is 2. The molecule has 28 heavy (non-hydrogen) atoms. The van der Waals surface area contributed by atoms with Crippen LogP contribution in [0.2, 0.25) is 0 Å². The third kappa shape index (κ3) is 4.54. The molecule has 3 aromatic rings. The van der Waals surface area contributed by atoms with Gasteiger partial charge in [0, 0.05) is 43.5 Å². The van der Waals surface area contributed by atoms with Crippen LogP contribution in [0.4, 0.5) is 14.5 Å². The second-order valence-electron chi connectivity index (χ2n) is 6.51. The fourth-order valence-electron chi connectivity index (χ4n) is 3.08. The normalized spacial score (nSPS) is 10.8. The van der Waals surface area contributed by atoms with E-state index in [1.807, 2.05) is 30.5 Å². The molecule has 2 N–H and O–H groups in total. The Morgan fingerprint density at radius 1 is 1.04 bits per heavy atom. The number of nitrogens with zero attached hydrogens (tertiary/aromatic N) is 1. The van der Waals surface area contributed by atoms with E-state index in [9.17, 15) is 18.4 Å². The highest BCUT2D eigenvalue weighted by molar-refractivity contribution is 5.91. The molecule has 0 saturated carbocycles. The van der Waals surface area contributed by atoms with Crippen LogP contribution >= 0.6 is 0 Å². The fourth-order valence-corrected chi connectivity index (χ4v) is 3.08. The minimum atomic E-state index is -0.837. The maximum absolute atomic E-state index is 13.6. The van der Waals surface area contributed by atoms with Crippen LogP contribution in [-0.2, 0) is 16.0 Å². The number of fused-ring (bicyclic) bond motifs is 1. The summed E-state index contributed by atoms with van der Waals surface area (Å²) in [7, 11) is 0. The van der Waals surface area contributed by atoms with Crippen molar-refractivity contribution < 1.29 is 18.4 Å². The molecule has 1 heterocycles. The molecule has 0 aliphatic carbocycles. The van der Waals surface area contributed by atoms with Gasteiger partial charge in [-0.05, 0) is 30.2 Å². The minimum absolute atomic E-state index is 0.0543. The van der Waals surface area contributed by atoms with Crippen LogP contribution in [0.25, 0.3) is 10.9 Å². The first-order valence-electron chi connectivity index (χ1n) is 9.00. The summed E-state index contributed by atoms with van der Waals surface area (Å²) in [6.45, 7) is 2.04. The molecule has 7 heteroatoms. The molecular formula is C21H21F2N3O2. The summed E-state index contributed by atoms with van der Waals surface area (Å²) in [4.78, 5) is 28.7. The second-order valence-corrected chi connectivity index (χ2v) is 6.51. The van der Waals surface area contributed by atoms with Crippen LogP contribution in [0.1, 0.15) is 18.9 Å². The maximum Gasteiger partial charge on any atom is 0.226 e. The summed E-state index contributed by atoms with van der Waals surface area (Å²) in [6, 6.07) is 11.3. The lowest BCUT2D eigenvalue weighted by atomic mass is 10.1. The van der Waals surface area contributed by atoms with Gasteiger partial charge >= 0.3 is 0 Å². The van der Waals surface area contributed by atoms with Crippen molar-refractivity contribution in [2.45, 2.75) is 19.8 Å². The monoisotopic (exact) mass is 385 g/mol. The molecular weight excluding hydrogens is 364 g/mol. The zero-order valence-corrected chi connectivity index (χ0v) is 15.5. The van der Waals surface area contributed by atoms with Crippen LogP contribution in [0.15, 0.2) is 48.7 Å². The summed E-state index contributed by atoms with van der Waals surface area (Å²) in [6.07, 6.45) is 2.49. The Morgan fingerprint density at radius 2 is 1.75 bits per heavy atom. The molecule has 0 radical (unpaired) electrons. The number of H-pyrrole nitrogens is 1. The third-order valence-electron chi connectivity index (χ3n) is 4.61. The Labute approximate surface area is 161 Å². The van der Waals surface area contributed by atoms with Gasteiger partial charge in [-0.25, -0.2) is 8.78 Å². The van der Waals surface area contributed by atoms with Crippen molar-refractivity contribution in [3.63, 3.8) is 0 Å². The smallest absolute Gasteiger partial charge is 0.226 e. The van der Waals surface area contributed by atoms with Gasteiger partial charge in [-0.3, -0.25) is 9.59 Å². The van der Waals surface area contributed by atoms with Crippen molar-refractivity contribution in [3.8, 4) is 0 Å². The van der Waals surface area contributed by atoms with Gasteiger partial charge in [0.1, 0.15) is 17.3 Å². The van der Waals surface area contributed by atoms with Crippen LogP contribution in [-0.4, -0.2) is 34.8 Å². The predicted octanol–water partition coefficient (Wildman–Crippen LogP) is 3.87. The number of para-hydroxylation sites is 2. The zero-order valence-electron chi connectivity index (χ0n) is 15.5. The number of aromatic amines is 1. The van der Waals surface area contributed by atoms with Gasteiger partial charge in [0.15, 0.2) is 0 Å². The molecule has 0 aliphatic heterocycles. The van der Waals surface area contributed by atoms with E-state index in [1.165, 1.54) is 13.0 Å². The lowest BCUT2D eigenvalue weighted by Crippen LogP contribution is -2.33. The molecule has 1 aromatic heterocycles. The molecule has 2 amide bonds. The number of carbonyl (C=O) groups excluding carboxylic acids is 2. The van der Waals surface area contributed by atoms with E-state index in [2.05, 4.69) is 10.3 Å². The second kappa shape index (κ2) is 8.65. The Morgan fingerprint density at radius 3 is 2.46 bits per heavy atom. The topological polar surface area (TPSA) is 65.2 Å². The number of hydrogen-bond acceptors (Lipinski definition) is 2. The van der Waals surface area contributed by atoms with Crippen molar-refractivity contribution in [1.82, 2.24) is 9.88 Å². The summed E-state index contributed by atoms with van der Waals surface area (Å²) in [5.41, 5.74) is 1.64. The highest BCUT2D eigenvalue weighted by Crippen LogP contribution is 2.19. The first-order valence-corrected chi connectivity index (χ1v) is 9.00. The number of halogens is 2. The molecule has 0 unspecified atom stereocenters. The first-order chi connectivity index (χ1) is 13.5. The summed E-state index contributed by atoms with van der Waals surface area (Å²) in [5.74, 6) is -2.39. The number of carbonyl (C=O) groups is 2. The van der Waals surface area contributed by atoms with Crippen LogP contribution < -0.4 is 5.32 Å².